The van der Waals surface area contributed by atoms with Crippen molar-refractivity contribution in [3.8, 4) is 5.75 Å². The van der Waals surface area contributed by atoms with Crippen molar-refractivity contribution in [3.63, 3.8) is 0 Å². The molecule has 2 aromatic rings. The largest absolute Gasteiger partial charge is 0.490 e. The normalized spacial score (nSPS) is 15.8. The van der Waals surface area contributed by atoms with E-state index in [4.69, 9.17) is 4.74 Å². The maximum absolute atomic E-state index is 12.8. The topological polar surface area (TPSA) is 70.2 Å². The van der Waals surface area contributed by atoms with Crippen LogP contribution in [-0.2, 0) is 9.59 Å². The number of nitrogens with zero attached hydrogens (tertiary/aromatic N) is 3. The maximum Gasteiger partial charge on any atom is 0.253 e. The van der Waals surface area contributed by atoms with Crippen LogP contribution in [0.1, 0.15) is 48.5 Å². The highest BCUT2D eigenvalue weighted by molar-refractivity contribution is 5.97. The second-order valence-electron chi connectivity index (χ2n) is 8.81. The zero-order chi connectivity index (χ0) is 23.4. The Labute approximate surface area is 194 Å². The van der Waals surface area contributed by atoms with Crippen LogP contribution in [0.15, 0.2) is 48.5 Å². The molecule has 2 aliphatic rings. The molecule has 0 spiro atoms. The quantitative estimate of drug-likeness (QED) is 0.702. The van der Waals surface area contributed by atoms with Crippen molar-refractivity contribution in [2.75, 3.05) is 44.2 Å². The van der Waals surface area contributed by atoms with Crippen molar-refractivity contribution < 1.29 is 19.1 Å². The van der Waals surface area contributed by atoms with Crippen molar-refractivity contribution in [3.05, 3.63) is 59.7 Å². The summed E-state index contributed by atoms with van der Waals surface area (Å²) in [6.07, 6.45) is 0.331. The Bertz CT molecular complexity index is 1010. The first-order valence-electron chi connectivity index (χ1n) is 11.6. The van der Waals surface area contributed by atoms with Crippen LogP contribution in [0, 0.1) is 0 Å². The monoisotopic (exact) mass is 449 g/mol. The fourth-order valence-electron chi connectivity index (χ4n) is 4.29. The standard InChI is InChI=1S/C26H31N3O4/c1-19(2)20-7-9-21(10-8-20)26(32)28-15-13-27(14-16-28)24(30)11-12-25(31)29-17-18-33-23-6-4-3-5-22(23)29/h3-10,19H,11-18H2,1-2H3. The predicted molar refractivity (Wildman–Crippen MR) is 127 cm³/mol. The van der Waals surface area contributed by atoms with E-state index in [0.29, 0.717) is 56.6 Å². The number of rotatable bonds is 5. The van der Waals surface area contributed by atoms with Gasteiger partial charge in [-0.05, 0) is 35.7 Å². The molecule has 0 atom stereocenters. The van der Waals surface area contributed by atoms with Crippen molar-refractivity contribution in [1.29, 1.82) is 0 Å². The SMILES string of the molecule is CC(C)c1ccc(C(=O)N2CCN(C(=O)CCC(=O)N3CCOc4ccccc43)CC2)cc1. The smallest absolute Gasteiger partial charge is 0.253 e. The van der Waals surface area contributed by atoms with E-state index in [9.17, 15) is 14.4 Å². The van der Waals surface area contributed by atoms with Crippen LogP contribution in [0.3, 0.4) is 0 Å². The first-order valence-corrected chi connectivity index (χ1v) is 11.6. The van der Waals surface area contributed by atoms with E-state index in [2.05, 4.69) is 13.8 Å². The van der Waals surface area contributed by atoms with E-state index < -0.39 is 0 Å². The number of carbonyl (C=O) groups is 3. The summed E-state index contributed by atoms with van der Waals surface area (Å²) >= 11 is 0. The molecule has 1 fully saturated rings. The minimum Gasteiger partial charge on any atom is -0.490 e. The molecule has 0 saturated carbocycles. The molecule has 0 unspecified atom stereocenters. The third kappa shape index (κ3) is 5.18. The lowest BCUT2D eigenvalue weighted by atomic mass is 10.0. The van der Waals surface area contributed by atoms with E-state index >= 15 is 0 Å². The highest BCUT2D eigenvalue weighted by atomic mass is 16.5. The summed E-state index contributed by atoms with van der Waals surface area (Å²) in [5.74, 6) is 1.01. The van der Waals surface area contributed by atoms with Crippen LogP contribution in [-0.4, -0.2) is 66.9 Å². The Morgan fingerprint density at radius 3 is 2.15 bits per heavy atom. The summed E-state index contributed by atoms with van der Waals surface area (Å²) < 4.78 is 5.60. The Morgan fingerprint density at radius 1 is 0.818 bits per heavy atom. The summed E-state index contributed by atoms with van der Waals surface area (Å²) in [6.45, 7) is 7.17. The number of piperazine rings is 1. The van der Waals surface area contributed by atoms with Gasteiger partial charge in [-0.1, -0.05) is 38.1 Å². The lowest BCUT2D eigenvalue weighted by molar-refractivity contribution is -0.134. The molecule has 0 radical (unpaired) electrons. The van der Waals surface area contributed by atoms with E-state index in [-0.39, 0.29) is 30.6 Å². The van der Waals surface area contributed by atoms with E-state index in [0.717, 1.165) is 5.69 Å². The first-order chi connectivity index (χ1) is 15.9. The molecule has 2 heterocycles. The number of hydrogen-bond donors (Lipinski definition) is 0. The van der Waals surface area contributed by atoms with Gasteiger partial charge in [0, 0.05) is 44.6 Å². The Hall–Kier alpha value is -3.35. The van der Waals surface area contributed by atoms with Crippen LogP contribution in [0.4, 0.5) is 5.69 Å². The summed E-state index contributed by atoms with van der Waals surface area (Å²) in [6, 6.07) is 15.2. The van der Waals surface area contributed by atoms with Gasteiger partial charge < -0.3 is 19.4 Å². The molecular formula is C26H31N3O4. The van der Waals surface area contributed by atoms with Crippen LogP contribution >= 0.6 is 0 Å². The molecular weight excluding hydrogens is 418 g/mol. The fourth-order valence-corrected chi connectivity index (χ4v) is 4.29. The fraction of sp³-hybridized carbons (Fsp3) is 0.423. The van der Waals surface area contributed by atoms with Crippen LogP contribution < -0.4 is 9.64 Å². The molecule has 7 nitrogen and oxygen atoms in total. The van der Waals surface area contributed by atoms with Gasteiger partial charge in [-0.2, -0.15) is 0 Å². The van der Waals surface area contributed by atoms with E-state index in [1.165, 1.54) is 5.56 Å². The average Bonchev–Trinajstić information content (AvgIpc) is 2.86. The van der Waals surface area contributed by atoms with E-state index in [1.54, 1.807) is 14.7 Å². The van der Waals surface area contributed by atoms with Gasteiger partial charge in [0.25, 0.3) is 5.91 Å². The minimum atomic E-state index is -0.0715. The molecule has 1 saturated heterocycles. The Balaban J connectivity index is 1.26. The molecule has 33 heavy (non-hydrogen) atoms. The zero-order valence-electron chi connectivity index (χ0n) is 19.3. The molecule has 2 aromatic carbocycles. The molecule has 2 aliphatic heterocycles. The third-order valence-electron chi connectivity index (χ3n) is 6.33. The number of benzene rings is 2. The van der Waals surface area contributed by atoms with Crippen LogP contribution in [0.2, 0.25) is 0 Å². The molecule has 0 N–H and O–H groups in total. The third-order valence-corrected chi connectivity index (χ3v) is 6.33. The van der Waals surface area contributed by atoms with Crippen LogP contribution in [0.25, 0.3) is 0 Å². The maximum atomic E-state index is 12.8. The van der Waals surface area contributed by atoms with Crippen molar-refractivity contribution >= 4 is 23.4 Å². The number of amides is 3. The number of carbonyl (C=O) groups excluding carboxylic acids is 3. The minimum absolute atomic E-state index is 0.00133. The highest BCUT2D eigenvalue weighted by Gasteiger charge is 2.27. The summed E-state index contributed by atoms with van der Waals surface area (Å²) in [4.78, 5) is 43.5. The number of fused-ring (bicyclic) bond motifs is 1. The van der Waals surface area contributed by atoms with Gasteiger partial charge in [-0.25, -0.2) is 0 Å². The molecule has 3 amide bonds. The lowest BCUT2D eigenvalue weighted by Gasteiger charge is -2.35. The van der Waals surface area contributed by atoms with Gasteiger partial charge in [0.05, 0.1) is 12.2 Å². The first kappa shape index (κ1) is 22.8. The second kappa shape index (κ2) is 10.1. The molecule has 174 valence electrons. The van der Waals surface area contributed by atoms with Gasteiger partial charge in [0.15, 0.2) is 0 Å². The van der Waals surface area contributed by atoms with E-state index in [1.807, 2.05) is 48.5 Å². The Kier molecular flexibility index (Phi) is 6.96. The van der Waals surface area contributed by atoms with Crippen molar-refractivity contribution in [2.45, 2.75) is 32.6 Å². The average molecular weight is 450 g/mol. The number of anilines is 1. The summed E-state index contributed by atoms with van der Waals surface area (Å²) in [5, 5.41) is 0. The predicted octanol–water partition coefficient (Wildman–Crippen LogP) is 3.30. The molecule has 0 bridgehead atoms. The van der Waals surface area contributed by atoms with Gasteiger partial charge in [0.2, 0.25) is 11.8 Å². The number of para-hydroxylation sites is 2. The molecule has 0 aromatic heterocycles. The van der Waals surface area contributed by atoms with Gasteiger partial charge in [-0.15, -0.1) is 0 Å². The van der Waals surface area contributed by atoms with Crippen LogP contribution in [0.5, 0.6) is 5.75 Å². The molecule has 4 rings (SSSR count). The number of hydrogen-bond acceptors (Lipinski definition) is 4. The summed E-state index contributed by atoms with van der Waals surface area (Å²) in [5.41, 5.74) is 2.64. The zero-order valence-corrected chi connectivity index (χ0v) is 19.3. The molecule has 7 heteroatoms. The lowest BCUT2D eigenvalue weighted by Crippen LogP contribution is -2.50. The summed E-state index contributed by atoms with van der Waals surface area (Å²) in [7, 11) is 0. The van der Waals surface area contributed by atoms with Gasteiger partial charge >= 0.3 is 0 Å². The second-order valence-corrected chi connectivity index (χ2v) is 8.81. The van der Waals surface area contributed by atoms with Crippen molar-refractivity contribution in [2.24, 2.45) is 0 Å². The molecule has 0 aliphatic carbocycles. The Morgan fingerprint density at radius 2 is 1.45 bits per heavy atom. The number of ether oxygens (including phenoxy) is 1. The van der Waals surface area contributed by atoms with Gasteiger partial charge in [0.1, 0.15) is 12.4 Å². The van der Waals surface area contributed by atoms with Gasteiger partial charge in [-0.3, -0.25) is 14.4 Å². The van der Waals surface area contributed by atoms with Crippen molar-refractivity contribution in [1.82, 2.24) is 9.80 Å². The highest BCUT2D eigenvalue weighted by Crippen LogP contribution is 2.31.